The summed E-state index contributed by atoms with van der Waals surface area (Å²) >= 11 is 6.14. The number of carbonyl (C=O) groups is 4. The predicted molar refractivity (Wildman–Crippen MR) is 154 cm³/mol. The van der Waals surface area contributed by atoms with E-state index in [1.807, 2.05) is 55.5 Å². The molecule has 2 bridgehead atoms. The highest BCUT2D eigenvalue weighted by Gasteiger charge is 2.63. The standard InChI is InChI=1S/C33H31ClN2O5/c1-3-4-16-25(33(40)41-17-26(37)35-24-15-9-14-23(34)18(24)2)36-31(38)29-27-19-10-5-6-11-20(19)28(30(29)32(36)39)22-13-8-7-12-21(22)27/h5-15,25,27-30H,3-4,16-17H2,1-2H3,(H,35,37)/t25-,27?,28?,29-,30+/m0/s1. The van der Waals surface area contributed by atoms with Gasteiger partial charge in [-0.15, -0.1) is 0 Å². The summed E-state index contributed by atoms with van der Waals surface area (Å²) in [4.78, 5) is 55.5. The Balaban J connectivity index is 1.26. The van der Waals surface area contributed by atoms with Crippen molar-refractivity contribution in [2.45, 2.75) is 51.0 Å². The van der Waals surface area contributed by atoms with Crippen molar-refractivity contribution in [3.05, 3.63) is 99.6 Å². The van der Waals surface area contributed by atoms with E-state index >= 15 is 0 Å². The molecule has 3 atom stereocenters. The number of anilines is 1. The quantitative estimate of drug-likeness (QED) is 0.282. The fourth-order valence-electron chi connectivity index (χ4n) is 6.92. The Bertz CT molecular complexity index is 1450. The molecule has 0 spiro atoms. The molecule has 1 saturated heterocycles. The van der Waals surface area contributed by atoms with Crippen molar-refractivity contribution in [1.82, 2.24) is 4.90 Å². The van der Waals surface area contributed by atoms with Gasteiger partial charge in [0.2, 0.25) is 11.8 Å². The monoisotopic (exact) mass is 570 g/mol. The molecule has 1 heterocycles. The summed E-state index contributed by atoms with van der Waals surface area (Å²) in [6.45, 7) is 3.21. The first kappa shape index (κ1) is 27.2. The summed E-state index contributed by atoms with van der Waals surface area (Å²) in [7, 11) is 0. The molecule has 4 aliphatic rings. The number of ether oxygens (including phenoxy) is 1. The molecule has 3 aromatic rings. The summed E-state index contributed by atoms with van der Waals surface area (Å²) in [6.07, 6.45) is 1.66. The molecule has 0 saturated carbocycles. The van der Waals surface area contributed by atoms with Gasteiger partial charge in [-0.25, -0.2) is 4.79 Å². The molecule has 3 amide bonds. The van der Waals surface area contributed by atoms with E-state index in [0.29, 0.717) is 22.7 Å². The highest BCUT2D eigenvalue weighted by molar-refractivity contribution is 6.31. The third-order valence-corrected chi connectivity index (χ3v) is 9.19. The summed E-state index contributed by atoms with van der Waals surface area (Å²) in [6, 6.07) is 20.1. The molecule has 0 unspecified atom stereocenters. The SMILES string of the molecule is CCCC[C@@H](C(=O)OCC(=O)Nc1cccc(Cl)c1C)N1C(=O)[C@@H]2C3c4ccccc4C(c4ccccc43)[C@@H]2C1=O. The number of hydrogen-bond acceptors (Lipinski definition) is 5. The normalized spacial score (nSPS) is 22.6. The van der Waals surface area contributed by atoms with E-state index in [2.05, 4.69) is 5.32 Å². The van der Waals surface area contributed by atoms with Gasteiger partial charge in [0.05, 0.1) is 11.8 Å². The minimum absolute atomic E-state index is 0.256. The van der Waals surface area contributed by atoms with Gasteiger partial charge in [0, 0.05) is 22.5 Å². The largest absolute Gasteiger partial charge is 0.454 e. The van der Waals surface area contributed by atoms with E-state index in [9.17, 15) is 19.2 Å². The zero-order valence-corrected chi connectivity index (χ0v) is 23.7. The number of hydrogen-bond donors (Lipinski definition) is 1. The molecule has 210 valence electrons. The maximum absolute atomic E-state index is 14.1. The van der Waals surface area contributed by atoms with Crippen LogP contribution in [0.4, 0.5) is 5.69 Å². The minimum Gasteiger partial charge on any atom is -0.454 e. The van der Waals surface area contributed by atoms with Crippen LogP contribution in [-0.4, -0.2) is 41.2 Å². The number of esters is 1. The van der Waals surface area contributed by atoms with E-state index in [-0.39, 0.29) is 30.1 Å². The van der Waals surface area contributed by atoms with Gasteiger partial charge in [0.15, 0.2) is 6.61 Å². The van der Waals surface area contributed by atoms with Gasteiger partial charge < -0.3 is 10.1 Å². The van der Waals surface area contributed by atoms with E-state index in [0.717, 1.165) is 33.6 Å². The van der Waals surface area contributed by atoms with Crippen molar-refractivity contribution in [1.29, 1.82) is 0 Å². The summed E-state index contributed by atoms with van der Waals surface area (Å²) in [5, 5.41) is 3.21. The first-order valence-electron chi connectivity index (χ1n) is 14.1. The third kappa shape index (κ3) is 4.43. The van der Waals surface area contributed by atoms with Crippen LogP contribution in [0.15, 0.2) is 66.7 Å². The van der Waals surface area contributed by atoms with Crippen molar-refractivity contribution in [3.63, 3.8) is 0 Å². The maximum Gasteiger partial charge on any atom is 0.329 e. The average molecular weight is 571 g/mol. The molecule has 0 aromatic heterocycles. The van der Waals surface area contributed by atoms with Gasteiger partial charge >= 0.3 is 5.97 Å². The Morgan fingerprint density at radius 3 is 1.93 bits per heavy atom. The number of amides is 3. The molecule has 3 aromatic carbocycles. The molecule has 7 nitrogen and oxygen atoms in total. The van der Waals surface area contributed by atoms with Crippen LogP contribution >= 0.6 is 11.6 Å². The van der Waals surface area contributed by atoms with Gasteiger partial charge in [-0.3, -0.25) is 19.3 Å². The van der Waals surface area contributed by atoms with E-state index in [4.69, 9.17) is 16.3 Å². The van der Waals surface area contributed by atoms with Crippen LogP contribution in [0, 0.1) is 18.8 Å². The van der Waals surface area contributed by atoms with Gasteiger partial charge in [-0.05, 0) is 53.3 Å². The molecule has 3 aliphatic carbocycles. The van der Waals surface area contributed by atoms with Crippen molar-refractivity contribution in [2.24, 2.45) is 11.8 Å². The number of nitrogens with zero attached hydrogens (tertiary/aromatic N) is 1. The Morgan fingerprint density at radius 1 is 0.878 bits per heavy atom. The summed E-state index contributed by atoms with van der Waals surface area (Å²) < 4.78 is 5.43. The summed E-state index contributed by atoms with van der Waals surface area (Å²) in [5.41, 5.74) is 5.50. The second-order valence-electron chi connectivity index (χ2n) is 11.0. The van der Waals surface area contributed by atoms with Crippen molar-refractivity contribution < 1.29 is 23.9 Å². The van der Waals surface area contributed by atoms with E-state index in [1.165, 1.54) is 0 Å². The fraction of sp³-hybridized carbons (Fsp3) is 0.333. The van der Waals surface area contributed by atoms with Crippen LogP contribution in [-0.2, 0) is 23.9 Å². The second kappa shape index (κ2) is 10.8. The highest BCUT2D eigenvalue weighted by atomic mass is 35.5. The number of unbranched alkanes of at least 4 members (excludes halogenated alkanes) is 1. The maximum atomic E-state index is 14.1. The lowest BCUT2D eigenvalue weighted by atomic mass is 9.55. The fourth-order valence-corrected chi connectivity index (χ4v) is 7.09. The Morgan fingerprint density at radius 2 is 1.41 bits per heavy atom. The number of carbonyl (C=O) groups excluding carboxylic acids is 4. The number of likely N-dealkylation sites (tertiary alicyclic amines) is 1. The van der Waals surface area contributed by atoms with E-state index < -0.39 is 36.4 Å². The molecule has 1 N–H and O–H groups in total. The van der Waals surface area contributed by atoms with Gasteiger partial charge in [-0.1, -0.05) is 86.0 Å². The molecule has 1 aliphatic heterocycles. The van der Waals surface area contributed by atoms with Crippen LogP contribution < -0.4 is 5.32 Å². The zero-order chi connectivity index (χ0) is 28.8. The average Bonchev–Trinajstić information content (AvgIpc) is 3.24. The van der Waals surface area contributed by atoms with Crippen molar-refractivity contribution in [3.8, 4) is 0 Å². The Kier molecular flexibility index (Phi) is 7.16. The van der Waals surface area contributed by atoms with Crippen LogP contribution in [0.25, 0.3) is 0 Å². The smallest absolute Gasteiger partial charge is 0.329 e. The Hall–Kier alpha value is -3.97. The molecule has 41 heavy (non-hydrogen) atoms. The molecule has 8 heteroatoms. The number of rotatable bonds is 8. The Labute approximate surface area is 243 Å². The van der Waals surface area contributed by atoms with Gasteiger partial charge in [0.1, 0.15) is 6.04 Å². The van der Waals surface area contributed by atoms with Crippen molar-refractivity contribution >= 4 is 41.0 Å². The molecule has 0 radical (unpaired) electrons. The highest BCUT2D eigenvalue weighted by Crippen LogP contribution is 2.61. The van der Waals surface area contributed by atoms with Crippen LogP contribution in [0.5, 0.6) is 0 Å². The lowest BCUT2D eigenvalue weighted by Gasteiger charge is -2.45. The van der Waals surface area contributed by atoms with Crippen LogP contribution in [0.3, 0.4) is 0 Å². The molecule has 7 rings (SSSR count). The zero-order valence-electron chi connectivity index (χ0n) is 22.9. The number of halogens is 1. The first-order valence-corrected chi connectivity index (χ1v) is 14.5. The molecule has 1 fully saturated rings. The number of benzene rings is 3. The lowest BCUT2D eigenvalue weighted by molar-refractivity contribution is -0.160. The van der Waals surface area contributed by atoms with Crippen molar-refractivity contribution in [2.75, 3.05) is 11.9 Å². The predicted octanol–water partition coefficient (Wildman–Crippen LogP) is 5.58. The van der Waals surface area contributed by atoms with Gasteiger partial charge in [-0.2, -0.15) is 0 Å². The number of nitrogens with one attached hydrogen (secondary N) is 1. The van der Waals surface area contributed by atoms with Gasteiger partial charge in [0.25, 0.3) is 5.91 Å². The first-order chi connectivity index (χ1) is 19.8. The molecular weight excluding hydrogens is 540 g/mol. The van der Waals surface area contributed by atoms with Crippen LogP contribution in [0.2, 0.25) is 5.02 Å². The minimum atomic E-state index is -1.09. The van der Waals surface area contributed by atoms with E-state index in [1.54, 1.807) is 25.1 Å². The third-order valence-electron chi connectivity index (χ3n) is 8.78. The van der Waals surface area contributed by atoms with Crippen LogP contribution in [0.1, 0.15) is 65.8 Å². The molecular formula is C33H31ClN2O5. The summed E-state index contributed by atoms with van der Waals surface area (Å²) in [5.74, 6) is -3.63. The number of imide groups is 1. The second-order valence-corrected chi connectivity index (χ2v) is 11.4. The topological polar surface area (TPSA) is 92.8 Å². The lowest BCUT2D eigenvalue weighted by Crippen LogP contribution is -2.47.